The lowest BCUT2D eigenvalue weighted by Gasteiger charge is -2.09. The molecular formula is C19H16BrN3O2. The second-order valence-electron chi connectivity index (χ2n) is 5.50. The van der Waals surface area contributed by atoms with Crippen LogP contribution in [0, 0.1) is 13.8 Å². The number of hydrogen-bond donors (Lipinski definition) is 1. The summed E-state index contributed by atoms with van der Waals surface area (Å²) in [4.78, 5) is 20.9. The van der Waals surface area contributed by atoms with Crippen LogP contribution >= 0.6 is 15.9 Å². The summed E-state index contributed by atoms with van der Waals surface area (Å²) in [5.74, 6) is 0.349. The fraction of sp³-hybridized carbons (Fsp3) is 0.105. The first-order valence-corrected chi connectivity index (χ1v) is 8.46. The van der Waals surface area contributed by atoms with Crippen molar-refractivity contribution in [2.45, 2.75) is 13.8 Å². The second kappa shape index (κ2) is 7.44. The first-order valence-electron chi connectivity index (χ1n) is 7.67. The molecule has 1 heterocycles. The van der Waals surface area contributed by atoms with Gasteiger partial charge < -0.3 is 10.1 Å². The lowest BCUT2D eigenvalue weighted by Crippen LogP contribution is -2.12. The Bertz CT molecular complexity index is 908. The zero-order chi connectivity index (χ0) is 17.8. The lowest BCUT2D eigenvalue weighted by atomic mass is 10.2. The van der Waals surface area contributed by atoms with Gasteiger partial charge >= 0.3 is 6.01 Å². The summed E-state index contributed by atoms with van der Waals surface area (Å²) in [7, 11) is 0. The Balaban J connectivity index is 1.77. The average molecular weight is 398 g/mol. The molecule has 6 heteroatoms. The summed E-state index contributed by atoms with van der Waals surface area (Å²) in [5, 5.41) is 2.86. The number of halogens is 1. The van der Waals surface area contributed by atoms with Gasteiger partial charge in [0.05, 0.1) is 5.56 Å². The van der Waals surface area contributed by atoms with Crippen LogP contribution < -0.4 is 10.1 Å². The Morgan fingerprint density at radius 1 is 1.00 bits per heavy atom. The highest BCUT2D eigenvalue weighted by atomic mass is 79.9. The van der Waals surface area contributed by atoms with E-state index in [0.29, 0.717) is 17.0 Å². The number of nitrogens with one attached hydrogen (secondary N) is 1. The minimum atomic E-state index is -0.202. The molecule has 0 atom stereocenters. The van der Waals surface area contributed by atoms with E-state index < -0.39 is 0 Å². The van der Waals surface area contributed by atoms with E-state index in [1.54, 1.807) is 30.3 Å². The van der Waals surface area contributed by atoms with Crippen molar-refractivity contribution in [2.24, 2.45) is 0 Å². The smallest absolute Gasteiger partial charge is 0.322 e. The molecule has 1 amide bonds. The van der Waals surface area contributed by atoms with Crippen molar-refractivity contribution in [2.75, 3.05) is 5.32 Å². The van der Waals surface area contributed by atoms with Crippen molar-refractivity contribution in [3.63, 3.8) is 0 Å². The maximum Gasteiger partial charge on any atom is 0.322 e. The van der Waals surface area contributed by atoms with Crippen molar-refractivity contribution in [3.05, 3.63) is 76.0 Å². The van der Waals surface area contributed by atoms with Crippen LogP contribution in [0.2, 0.25) is 0 Å². The molecule has 1 N–H and O–H groups in total. The maximum atomic E-state index is 12.4. The van der Waals surface area contributed by atoms with Crippen molar-refractivity contribution < 1.29 is 9.53 Å². The molecule has 5 nitrogen and oxygen atoms in total. The largest absolute Gasteiger partial charge is 0.424 e. The molecule has 0 fully saturated rings. The van der Waals surface area contributed by atoms with Gasteiger partial charge in [0.1, 0.15) is 5.75 Å². The van der Waals surface area contributed by atoms with Crippen LogP contribution in [0.4, 0.5) is 5.69 Å². The number of rotatable bonds is 4. The average Bonchev–Trinajstić information content (AvgIpc) is 2.54. The summed E-state index contributed by atoms with van der Waals surface area (Å²) < 4.78 is 6.45. The van der Waals surface area contributed by atoms with Crippen LogP contribution in [0.15, 0.2) is 59.1 Å². The summed E-state index contributed by atoms with van der Waals surface area (Å²) in [6, 6.07) is 16.5. The van der Waals surface area contributed by atoms with Crippen LogP contribution in [0.25, 0.3) is 0 Å². The van der Waals surface area contributed by atoms with Gasteiger partial charge in [0.25, 0.3) is 5.91 Å². The van der Waals surface area contributed by atoms with Crippen LogP contribution in [-0.2, 0) is 0 Å². The number of anilines is 1. The Labute approximate surface area is 154 Å². The highest BCUT2D eigenvalue weighted by molar-refractivity contribution is 9.10. The molecule has 3 aromatic rings. The molecule has 0 spiro atoms. The third-order valence-electron chi connectivity index (χ3n) is 3.38. The molecule has 0 saturated heterocycles. The number of aryl methyl sites for hydroxylation is 2. The number of nitrogens with zero attached hydrogens (tertiary/aromatic N) is 2. The Hall–Kier alpha value is -2.73. The molecular weight excluding hydrogens is 382 g/mol. The van der Waals surface area contributed by atoms with Crippen molar-refractivity contribution in [1.29, 1.82) is 0 Å². The fourth-order valence-corrected chi connectivity index (χ4v) is 2.79. The quantitative estimate of drug-likeness (QED) is 0.679. The summed E-state index contributed by atoms with van der Waals surface area (Å²) in [6.07, 6.45) is 0. The number of hydrogen-bond acceptors (Lipinski definition) is 4. The Morgan fingerprint density at radius 2 is 1.72 bits per heavy atom. The third kappa shape index (κ3) is 4.42. The Kier molecular flexibility index (Phi) is 5.09. The van der Waals surface area contributed by atoms with Gasteiger partial charge in [-0.25, -0.2) is 9.97 Å². The maximum absolute atomic E-state index is 12.4. The minimum Gasteiger partial charge on any atom is -0.424 e. The number of benzene rings is 2. The molecule has 0 aliphatic heterocycles. The van der Waals surface area contributed by atoms with E-state index in [2.05, 4.69) is 31.2 Å². The first-order chi connectivity index (χ1) is 12.0. The molecule has 0 radical (unpaired) electrons. The van der Waals surface area contributed by atoms with Gasteiger partial charge in [-0.15, -0.1) is 0 Å². The number of ether oxygens (including phenoxy) is 1. The molecule has 2 aromatic carbocycles. The second-order valence-corrected chi connectivity index (χ2v) is 6.35. The van der Waals surface area contributed by atoms with E-state index in [0.717, 1.165) is 15.9 Å². The van der Waals surface area contributed by atoms with Crippen molar-refractivity contribution >= 4 is 27.5 Å². The monoisotopic (exact) mass is 397 g/mol. The van der Waals surface area contributed by atoms with Crippen LogP contribution in [-0.4, -0.2) is 15.9 Å². The molecule has 1 aromatic heterocycles. The molecule has 0 unspecified atom stereocenters. The van der Waals surface area contributed by atoms with Crippen LogP contribution in [0.3, 0.4) is 0 Å². The van der Waals surface area contributed by atoms with E-state index in [-0.39, 0.29) is 11.9 Å². The lowest BCUT2D eigenvalue weighted by molar-refractivity contribution is 0.102. The fourth-order valence-electron chi connectivity index (χ4n) is 2.33. The molecule has 0 aliphatic carbocycles. The summed E-state index contributed by atoms with van der Waals surface area (Å²) in [5.41, 5.74) is 2.86. The molecule has 126 valence electrons. The molecule has 3 rings (SSSR count). The van der Waals surface area contributed by atoms with Gasteiger partial charge in [-0.05, 0) is 60.1 Å². The zero-order valence-electron chi connectivity index (χ0n) is 13.8. The zero-order valence-corrected chi connectivity index (χ0v) is 15.4. The van der Waals surface area contributed by atoms with E-state index in [1.807, 2.05) is 38.1 Å². The number of carbonyl (C=O) groups excluding carboxylic acids is 1. The number of aromatic nitrogens is 2. The van der Waals surface area contributed by atoms with Gasteiger partial charge in [0.15, 0.2) is 0 Å². The van der Waals surface area contributed by atoms with Gasteiger partial charge in [-0.2, -0.15) is 0 Å². The van der Waals surface area contributed by atoms with Gasteiger partial charge in [0.2, 0.25) is 0 Å². The molecule has 0 aliphatic rings. The van der Waals surface area contributed by atoms with Crippen LogP contribution in [0.5, 0.6) is 11.8 Å². The van der Waals surface area contributed by atoms with Crippen molar-refractivity contribution in [3.8, 4) is 11.8 Å². The summed E-state index contributed by atoms with van der Waals surface area (Å²) >= 11 is 3.38. The van der Waals surface area contributed by atoms with E-state index in [9.17, 15) is 4.79 Å². The Morgan fingerprint density at radius 3 is 2.44 bits per heavy atom. The normalized spacial score (nSPS) is 10.4. The van der Waals surface area contributed by atoms with E-state index in [4.69, 9.17) is 4.74 Å². The van der Waals surface area contributed by atoms with E-state index in [1.165, 1.54) is 0 Å². The molecule has 25 heavy (non-hydrogen) atoms. The highest BCUT2D eigenvalue weighted by Gasteiger charge is 2.10. The number of amides is 1. The summed E-state index contributed by atoms with van der Waals surface area (Å²) in [6.45, 7) is 3.77. The number of carbonyl (C=O) groups is 1. The predicted molar refractivity (Wildman–Crippen MR) is 100 cm³/mol. The SMILES string of the molecule is Cc1cc(C)nc(Oc2cccc(NC(=O)c3ccccc3Br)c2)n1. The van der Waals surface area contributed by atoms with Crippen LogP contribution in [0.1, 0.15) is 21.7 Å². The molecule has 0 bridgehead atoms. The van der Waals surface area contributed by atoms with E-state index >= 15 is 0 Å². The van der Waals surface area contributed by atoms with Gasteiger partial charge in [0, 0.05) is 27.6 Å². The first kappa shape index (κ1) is 17.1. The predicted octanol–water partition coefficient (Wildman–Crippen LogP) is 4.90. The highest BCUT2D eigenvalue weighted by Crippen LogP contribution is 2.23. The van der Waals surface area contributed by atoms with Gasteiger partial charge in [-0.3, -0.25) is 4.79 Å². The third-order valence-corrected chi connectivity index (χ3v) is 4.07. The van der Waals surface area contributed by atoms with Crippen molar-refractivity contribution in [1.82, 2.24) is 9.97 Å². The van der Waals surface area contributed by atoms with Gasteiger partial charge in [-0.1, -0.05) is 18.2 Å². The molecule has 0 saturated carbocycles. The standard InChI is InChI=1S/C19H16BrN3O2/c1-12-10-13(2)22-19(21-12)25-15-7-5-6-14(11-15)23-18(24)16-8-3-4-9-17(16)20/h3-11H,1-2H3,(H,23,24). The topological polar surface area (TPSA) is 64.1 Å². The minimum absolute atomic E-state index is 0.202.